The van der Waals surface area contributed by atoms with Crippen molar-refractivity contribution in [2.24, 2.45) is 0 Å². The van der Waals surface area contributed by atoms with Gasteiger partial charge in [0.1, 0.15) is 0 Å². The van der Waals surface area contributed by atoms with E-state index in [9.17, 15) is 18.0 Å². The molecule has 0 atom stereocenters. The molecule has 0 aliphatic carbocycles. The van der Waals surface area contributed by atoms with Crippen molar-refractivity contribution in [2.45, 2.75) is 6.54 Å². The first-order chi connectivity index (χ1) is 11.0. The van der Waals surface area contributed by atoms with Crippen LogP contribution in [0.4, 0.5) is 0 Å². The van der Waals surface area contributed by atoms with Crippen LogP contribution in [0, 0.1) is 0 Å². The second-order valence-corrected chi connectivity index (χ2v) is 7.99. The number of sulfonamides is 1. The van der Waals surface area contributed by atoms with Gasteiger partial charge in [-0.25, -0.2) is 13.1 Å². The lowest BCUT2D eigenvalue weighted by Crippen LogP contribution is -2.37. The number of rotatable bonds is 6. The van der Waals surface area contributed by atoms with E-state index in [4.69, 9.17) is 0 Å². The van der Waals surface area contributed by atoms with E-state index in [1.54, 1.807) is 24.3 Å². The maximum Gasteiger partial charge on any atom is 0.261 e. The van der Waals surface area contributed by atoms with Crippen LogP contribution in [0.2, 0.25) is 0 Å². The largest absolute Gasteiger partial charge is 0.273 e. The Hall–Kier alpha value is -2.03. The number of thiophene rings is 1. The molecule has 1 aromatic carbocycles. The number of nitrogens with zero attached hydrogens (tertiary/aromatic N) is 1. The summed E-state index contributed by atoms with van der Waals surface area (Å²) in [5.41, 5.74) is 0.642. The average Bonchev–Trinajstić information content (AvgIpc) is 3.13. The molecule has 0 saturated heterocycles. The summed E-state index contributed by atoms with van der Waals surface area (Å²) < 4.78 is 26.5. The quantitative estimate of drug-likeness (QED) is 0.800. The highest BCUT2D eigenvalue weighted by atomic mass is 32.2. The maximum absolute atomic E-state index is 12.2. The molecule has 3 rings (SSSR count). The van der Waals surface area contributed by atoms with Gasteiger partial charge in [-0.1, -0.05) is 18.2 Å². The van der Waals surface area contributed by atoms with E-state index in [2.05, 4.69) is 4.72 Å². The van der Waals surface area contributed by atoms with Crippen molar-refractivity contribution in [1.82, 2.24) is 9.62 Å². The first kappa shape index (κ1) is 15.9. The third-order valence-electron chi connectivity index (χ3n) is 3.51. The predicted molar refractivity (Wildman–Crippen MR) is 86.8 cm³/mol. The highest BCUT2D eigenvalue weighted by Crippen LogP contribution is 2.22. The molecule has 1 aliphatic heterocycles. The third-order valence-corrected chi connectivity index (χ3v) is 5.69. The summed E-state index contributed by atoms with van der Waals surface area (Å²) in [5, 5.41) is 1.86. The van der Waals surface area contributed by atoms with Gasteiger partial charge in [0.25, 0.3) is 11.8 Å². The van der Waals surface area contributed by atoms with Crippen LogP contribution in [0.3, 0.4) is 0 Å². The fraction of sp³-hybridized carbons (Fsp3) is 0.200. The standard InChI is InChI=1S/C15H14N2O4S2/c18-14-12-5-1-2-6-13(12)15(19)17(14)7-9-23(20,21)16-10-11-4-3-8-22-11/h1-6,8,16H,7,9-10H2. The van der Waals surface area contributed by atoms with Gasteiger partial charge >= 0.3 is 0 Å². The minimum atomic E-state index is -3.57. The van der Waals surface area contributed by atoms with Crippen LogP contribution in [0.1, 0.15) is 25.6 Å². The van der Waals surface area contributed by atoms with Gasteiger partial charge in [0.15, 0.2) is 0 Å². The Morgan fingerprint density at radius 1 is 1.00 bits per heavy atom. The number of imide groups is 1. The SMILES string of the molecule is O=C1c2ccccc2C(=O)N1CCS(=O)(=O)NCc1cccs1. The van der Waals surface area contributed by atoms with Gasteiger partial charge in [0, 0.05) is 18.0 Å². The zero-order valence-corrected chi connectivity index (χ0v) is 13.7. The van der Waals surface area contributed by atoms with Crippen molar-refractivity contribution in [3.63, 3.8) is 0 Å². The van der Waals surface area contributed by atoms with Gasteiger partial charge < -0.3 is 0 Å². The first-order valence-corrected chi connectivity index (χ1v) is 9.46. The molecule has 0 spiro atoms. The molecule has 8 heteroatoms. The van der Waals surface area contributed by atoms with Gasteiger partial charge in [-0.05, 0) is 23.6 Å². The maximum atomic E-state index is 12.2. The number of hydrogen-bond acceptors (Lipinski definition) is 5. The van der Waals surface area contributed by atoms with E-state index in [1.807, 2.05) is 17.5 Å². The number of amides is 2. The molecule has 0 unspecified atom stereocenters. The first-order valence-electron chi connectivity index (χ1n) is 6.93. The van der Waals surface area contributed by atoms with E-state index < -0.39 is 21.8 Å². The van der Waals surface area contributed by atoms with Gasteiger partial charge in [-0.15, -0.1) is 11.3 Å². The summed E-state index contributed by atoms with van der Waals surface area (Å²) in [6.45, 7) is 0.0498. The van der Waals surface area contributed by atoms with E-state index in [1.165, 1.54) is 11.3 Å². The lowest BCUT2D eigenvalue weighted by molar-refractivity contribution is 0.0664. The van der Waals surface area contributed by atoms with Crippen molar-refractivity contribution in [1.29, 1.82) is 0 Å². The van der Waals surface area contributed by atoms with E-state index in [-0.39, 0.29) is 18.8 Å². The second kappa shape index (κ2) is 6.23. The lowest BCUT2D eigenvalue weighted by Gasteiger charge is -2.14. The van der Waals surface area contributed by atoms with Crippen molar-refractivity contribution in [3.05, 3.63) is 57.8 Å². The summed E-state index contributed by atoms with van der Waals surface area (Å²) in [6.07, 6.45) is 0. The topological polar surface area (TPSA) is 83.6 Å². The molecule has 1 N–H and O–H groups in total. The molecule has 1 aliphatic rings. The Morgan fingerprint density at radius 3 is 2.22 bits per heavy atom. The normalized spacial score (nSPS) is 14.3. The third kappa shape index (κ3) is 3.34. The van der Waals surface area contributed by atoms with Crippen molar-refractivity contribution in [3.8, 4) is 0 Å². The molecule has 2 aromatic rings. The number of carbonyl (C=O) groups excluding carboxylic acids is 2. The summed E-state index contributed by atoms with van der Waals surface area (Å²) in [7, 11) is -3.57. The average molecular weight is 350 g/mol. The Labute approximate surface area is 137 Å². The van der Waals surface area contributed by atoms with Crippen LogP contribution in [0.15, 0.2) is 41.8 Å². The number of carbonyl (C=O) groups is 2. The van der Waals surface area contributed by atoms with E-state index in [0.717, 1.165) is 9.78 Å². The van der Waals surface area contributed by atoms with Crippen LogP contribution in [0.5, 0.6) is 0 Å². The molecule has 2 amide bonds. The molecule has 0 fully saturated rings. The molecule has 1 aromatic heterocycles. The molecule has 23 heavy (non-hydrogen) atoms. The molecule has 0 bridgehead atoms. The Kier molecular flexibility index (Phi) is 4.29. The Morgan fingerprint density at radius 2 is 1.65 bits per heavy atom. The van der Waals surface area contributed by atoms with Crippen LogP contribution in [-0.4, -0.2) is 37.4 Å². The molecule has 0 radical (unpaired) electrons. The van der Waals surface area contributed by atoms with Crippen LogP contribution < -0.4 is 4.72 Å². The Balaban J connectivity index is 1.62. The second-order valence-electron chi connectivity index (χ2n) is 5.03. The lowest BCUT2D eigenvalue weighted by atomic mass is 10.1. The fourth-order valence-corrected chi connectivity index (χ4v) is 4.00. The molecule has 120 valence electrons. The van der Waals surface area contributed by atoms with E-state index >= 15 is 0 Å². The van der Waals surface area contributed by atoms with Gasteiger partial charge in [-0.2, -0.15) is 0 Å². The summed E-state index contributed by atoms with van der Waals surface area (Å²) in [4.78, 5) is 26.2. The van der Waals surface area contributed by atoms with Gasteiger partial charge in [0.05, 0.1) is 16.9 Å². The molecule has 6 nitrogen and oxygen atoms in total. The molecule has 2 heterocycles. The van der Waals surface area contributed by atoms with Crippen LogP contribution in [-0.2, 0) is 16.6 Å². The van der Waals surface area contributed by atoms with E-state index in [0.29, 0.717) is 11.1 Å². The number of hydrogen-bond donors (Lipinski definition) is 1. The summed E-state index contributed by atoms with van der Waals surface area (Å²) in [5.74, 6) is -1.21. The number of benzene rings is 1. The highest BCUT2D eigenvalue weighted by molar-refractivity contribution is 7.89. The Bertz CT molecular complexity index is 809. The van der Waals surface area contributed by atoms with Crippen molar-refractivity contribution < 1.29 is 18.0 Å². The number of nitrogens with one attached hydrogen (secondary N) is 1. The summed E-state index contributed by atoms with van der Waals surface area (Å²) in [6, 6.07) is 10.2. The summed E-state index contributed by atoms with van der Waals surface area (Å²) >= 11 is 1.45. The minimum Gasteiger partial charge on any atom is -0.273 e. The highest BCUT2D eigenvalue weighted by Gasteiger charge is 2.35. The zero-order valence-electron chi connectivity index (χ0n) is 12.1. The smallest absolute Gasteiger partial charge is 0.261 e. The minimum absolute atomic E-state index is 0.161. The molecular weight excluding hydrogens is 336 g/mol. The zero-order chi connectivity index (χ0) is 16.4. The van der Waals surface area contributed by atoms with Gasteiger partial charge in [-0.3, -0.25) is 14.5 Å². The van der Waals surface area contributed by atoms with Gasteiger partial charge in [0.2, 0.25) is 10.0 Å². The predicted octanol–water partition coefficient (Wildman–Crippen LogP) is 1.46. The number of fused-ring (bicyclic) bond motifs is 1. The molecule has 0 saturated carbocycles. The van der Waals surface area contributed by atoms with Crippen molar-refractivity contribution in [2.75, 3.05) is 12.3 Å². The fourth-order valence-electron chi connectivity index (χ4n) is 2.32. The van der Waals surface area contributed by atoms with Crippen LogP contribution >= 0.6 is 11.3 Å². The van der Waals surface area contributed by atoms with Crippen molar-refractivity contribution >= 4 is 33.2 Å². The monoisotopic (exact) mass is 350 g/mol. The molecular formula is C15H14N2O4S2. The van der Waals surface area contributed by atoms with Crippen LogP contribution in [0.25, 0.3) is 0 Å².